The number of nitrogens with two attached hydrogens (primary N) is 2. The number of fused-ring (bicyclic) bond motifs is 2. The first-order valence-corrected chi connectivity index (χ1v) is 12.6. The predicted molar refractivity (Wildman–Crippen MR) is 156 cm³/mol. The third-order valence-electron chi connectivity index (χ3n) is 7.00. The molecule has 0 spiro atoms. The number of amidine groups is 1. The number of hydrogen-bond donors (Lipinski definition) is 5. The van der Waals surface area contributed by atoms with Crippen LogP contribution in [0, 0.1) is 5.41 Å². The number of anilines is 2. The van der Waals surface area contributed by atoms with Crippen LogP contribution in [0.5, 0.6) is 0 Å². The number of H-pyrrole nitrogens is 1. The van der Waals surface area contributed by atoms with Crippen molar-refractivity contribution in [1.29, 1.82) is 5.41 Å². The second-order valence-electron chi connectivity index (χ2n) is 9.56. The van der Waals surface area contributed by atoms with Crippen LogP contribution < -0.4 is 16.8 Å². The molecule has 1 unspecified atom stereocenters. The minimum atomic E-state index is -0.498. The average molecular weight is 514 g/mol. The van der Waals surface area contributed by atoms with Crippen molar-refractivity contribution in [2.45, 2.75) is 12.3 Å². The molecule has 2 aromatic heterocycles. The maximum atomic E-state index is 13.8. The van der Waals surface area contributed by atoms with Gasteiger partial charge in [0.15, 0.2) is 0 Å². The monoisotopic (exact) mass is 513 g/mol. The smallest absolute Gasteiger partial charge is 0.232 e. The average Bonchev–Trinajstić information content (AvgIpc) is 3.57. The molecule has 8 nitrogen and oxygen atoms in total. The van der Waals surface area contributed by atoms with E-state index in [0.717, 1.165) is 38.8 Å². The zero-order valence-electron chi connectivity index (χ0n) is 21.1. The van der Waals surface area contributed by atoms with Gasteiger partial charge in [0, 0.05) is 39.7 Å². The maximum Gasteiger partial charge on any atom is 0.232 e. The van der Waals surface area contributed by atoms with Crippen LogP contribution in [0.25, 0.3) is 27.6 Å². The van der Waals surface area contributed by atoms with E-state index >= 15 is 0 Å². The van der Waals surface area contributed by atoms with Crippen LogP contribution >= 0.6 is 0 Å². The van der Waals surface area contributed by atoms with Gasteiger partial charge < -0.3 is 21.8 Å². The highest BCUT2D eigenvalue weighted by Crippen LogP contribution is 2.31. The molecular weight excluding hydrogens is 486 g/mol. The van der Waals surface area contributed by atoms with Crippen molar-refractivity contribution in [3.05, 3.63) is 120 Å². The molecule has 0 saturated carbocycles. The third-order valence-corrected chi connectivity index (χ3v) is 7.00. The molecule has 6 aromatic rings. The molecule has 1 amide bonds. The normalized spacial score (nSPS) is 12.0. The number of nitrogens with one attached hydrogen (secondary N) is 3. The fourth-order valence-electron chi connectivity index (χ4n) is 4.93. The number of hydrogen-bond acceptors (Lipinski definition) is 4. The number of aromatic amines is 1. The fourth-order valence-corrected chi connectivity index (χ4v) is 4.93. The summed E-state index contributed by atoms with van der Waals surface area (Å²) in [5, 5.41) is 11.8. The summed E-state index contributed by atoms with van der Waals surface area (Å²) in [6.45, 7) is 0. The molecule has 39 heavy (non-hydrogen) atoms. The summed E-state index contributed by atoms with van der Waals surface area (Å²) in [7, 11) is 0. The molecular formula is C31H27N7O. The molecule has 192 valence electrons. The van der Waals surface area contributed by atoms with Crippen LogP contribution in [-0.4, -0.2) is 26.3 Å². The van der Waals surface area contributed by atoms with E-state index in [0.29, 0.717) is 23.4 Å². The number of nitrogen functional groups attached to an aromatic ring is 2. The van der Waals surface area contributed by atoms with Gasteiger partial charge in [-0.2, -0.15) is 0 Å². The molecule has 4 aromatic carbocycles. The minimum Gasteiger partial charge on any atom is -0.399 e. The van der Waals surface area contributed by atoms with Crippen molar-refractivity contribution in [2.24, 2.45) is 5.73 Å². The highest BCUT2D eigenvalue weighted by atomic mass is 16.1. The second kappa shape index (κ2) is 9.83. The number of nitrogens with zero attached hydrogens (tertiary/aromatic N) is 2. The topological polar surface area (TPSA) is 139 Å². The molecule has 1 atom stereocenters. The first-order chi connectivity index (χ1) is 19.0. The highest BCUT2D eigenvalue weighted by Gasteiger charge is 2.25. The van der Waals surface area contributed by atoms with E-state index in [-0.39, 0.29) is 11.7 Å². The number of para-hydroxylation sites is 2. The number of carbonyl (C=O) groups is 1. The number of carbonyl (C=O) groups excluding carboxylic acids is 1. The third kappa shape index (κ3) is 4.71. The Morgan fingerprint density at radius 1 is 1.00 bits per heavy atom. The number of benzene rings is 4. The summed E-state index contributed by atoms with van der Waals surface area (Å²) in [4.78, 5) is 21.5. The van der Waals surface area contributed by atoms with Crippen LogP contribution in [-0.2, 0) is 11.2 Å². The summed E-state index contributed by atoms with van der Waals surface area (Å²) >= 11 is 0. The van der Waals surface area contributed by atoms with Gasteiger partial charge in [0.1, 0.15) is 12.2 Å². The molecule has 0 bridgehead atoms. The lowest BCUT2D eigenvalue weighted by atomic mass is 9.90. The minimum absolute atomic E-state index is 0.0191. The van der Waals surface area contributed by atoms with Gasteiger partial charge in [-0.3, -0.25) is 14.8 Å². The van der Waals surface area contributed by atoms with Gasteiger partial charge in [-0.1, -0.05) is 24.3 Å². The van der Waals surface area contributed by atoms with Crippen molar-refractivity contribution >= 4 is 45.1 Å². The van der Waals surface area contributed by atoms with Gasteiger partial charge in [0.05, 0.1) is 17.0 Å². The highest BCUT2D eigenvalue weighted by molar-refractivity contribution is 6.02. The van der Waals surface area contributed by atoms with Gasteiger partial charge in [0.2, 0.25) is 5.91 Å². The van der Waals surface area contributed by atoms with Crippen LogP contribution in [0.2, 0.25) is 0 Å². The molecule has 0 radical (unpaired) electrons. The number of amides is 1. The van der Waals surface area contributed by atoms with E-state index in [1.165, 1.54) is 0 Å². The predicted octanol–water partition coefficient (Wildman–Crippen LogP) is 5.34. The molecule has 0 aliphatic rings. The van der Waals surface area contributed by atoms with Gasteiger partial charge >= 0.3 is 0 Å². The molecule has 7 N–H and O–H groups in total. The Morgan fingerprint density at radius 3 is 2.54 bits per heavy atom. The Morgan fingerprint density at radius 2 is 1.77 bits per heavy atom. The van der Waals surface area contributed by atoms with Crippen LogP contribution in [0.1, 0.15) is 22.6 Å². The second-order valence-corrected chi connectivity index (χ2v) is 9.56. The van der Waals surface area contributed by atoms with Gasteiger partial charge in [-0.05, 0) is 84.3 Å². The van der Waals surface area contributed by atoms with Crippen LogP contribution in [0.15, 0.2) is 104 Å². The SMILES string of the molecule is N=C(N)c1ccc2[nH]cc(C(Cc3ccc(N)cc3)C(=O)Nc3ccc(-n4cnc5ccccc54)cc3)c2c1. The Kier molecular flexibility index (Phi) is 6.05. The number of imidazole rings is 1. The molecule has 8 heteroatoms. The standard InChI is InChI=1S/C31H27N7O/c32-21-8-5-19(6-9-21)15-25(26-17-35-27-14-7-20(30(33)34)16-24(26)27)31(39)37-22-10-12-23(13-11-22)38-18-36-28-3-1-2-4-29(28)38/h1-14,16-18,25,35H,15,32H2,(H3,33,34)(H,37,39). The van der Waals surface area contributed by atoms with Crippen LogP contribution in [0.3, 0.4) is 0 Å². The Labute approximate surface area is 224 Å². The van der Waals surface area contributed by atoms with E-state index < -0.39 is 5.92 Å². The molecule has 2 heterocycles. The van der Waals surface area contributed by atoms with Crippen molar-refractivity contribution in [3.8, 4) is 5.69 Å². The maximum absolute atomic E-state index is 13.8. The van der Waals surface area contributed by atoms with Crippen molar-refractivity contribution < 1.29 is 4.79 Å². The summed E-state index contributed by atoms with van der Waals surface area (Å²) in [6, 6.07) is 28.8. The molecule has 0 aliphatic heterocycles. The van der Waals surface area contributed by atoms with E-state index in [4.69, 9.17) is 16.9 Å². The largest absolute Gasteiger partial charge is 0.399 e. The Bertz CT molecular complexity index is 1810. The molecule has 0 aliphatic carbocycles. The zero-order chi connectivity index (χ0) is 26.9. The van der Waals surface area contributed by atoms with Crippen molar-refractivity contribution in [1.82, 2.24) is 14.5 Å². The summed E-state index contributed by atoms with van der Waals surface area (Å²) in [6.07, 6.45) is 4.14. The number of rotatable bonds is 7. The van der Waals surface area contributed by atoms with Gasteiger partial charge in [-0.15, -0.1) is 0 Å². The van der Waals surface area contributed by atoms with E-state index in [9.17, 15) is 4.79 Å². The van der Waals surface area contributed by atoms with Crippen LogP contribution in [0.4, 0.5) is 11.4 Å². The lowest BCUT2D eigenvalue weighted by Crippen LogP contribution is -2.23. The Hall–Kier alpha value is -5.37. The van der Waals surface area contributed by atoms with E-state index in [1.54, 1.807) is 12.4 Å². The molecule has 0 saturated heterocycles. The molecule has 6 rings (SSSR count). The quantitative estimate of drug-likeness (QED) is 0.112. The Balaban J connectivity index is 1.32. The van der Waals surface area contributed by atoms with Gasteiger partial charge in [-0.25, -0.2) is 4.98 Å². The zero-order valence-corrected chi connectivity index (χ0v) is 21.1. The van der Waals surface area contributed by atoms with Gasteiger partial charge in [0.25, 0.3) is 0 Å². The lowest BCUT2D eigenvalue weighted by Gasteiger charge is -2.18. The first-order valence-electron chi connectivity index (χ1n) is 12.6. The van der Waals surface area contributed by atoms with Crippen molar-refractivity contribution in [2.75, 3.05) is 11.1 Å². The van der Waals surface area contributed by atoms with Crippen molar-refractivity contribution in [3.63, 3.8) is 0 Å². The fraction of sp³-hybridized carbons (Fsp3) is 0.0645. The summed E-state index contributed by atoms with van der Waals surface area (Å²) in [5.41, 5.74) is 19.2. The lowest BCUT2D eigenvalue weighted by molar-refractivity contribution is -0.117. The summed E-state index contributed by atoms with van der Waals surface area (Å²) in [5.74, 6) is -0.655. The molecule has 0 fully saturated rings. The van der Waals surface area contributed by atoms with E-state index in [2.05, 4.69) is 15.3 Å². The van der Waals surface area contributed by atoms with E-state index in [1.807, 2.05) is 95.7 Å². The summed E-state index contributed by atoms with van der Waals surface area (Å²) < 4.78 is 2.02. The first kappa shape index (κ1) is 24.0. The number of aromatic nitrogens is 3.